The van der Waals surface area contributed by atoms with Gasteiger partial charge in [-0.25, -0.2) is 4.79 Å². The quantitative estimate of drug-likeness (QED) is 0.452. The summed E-state index contributed by atoms with van der Waals surface area (Å²) in [6, 6.07) is -1.70. The number of hydrogen-bond acceptors (Lipinski definition) is 6. The number of amides is 3. The summed E-state index contributed by atoms with van der Waals surface area (Å²) >= 11 is 1.62. The highest BCUT2D eigenvalue weighted by Gasteiger charge is 2.45. The largest absolute Gasteiger partial charge is 0.450 e. The first kappa shape index (κ1) is 26.8. The molecule has 3 atom stereocenters. The fraction of sp³-hybridized carbons (Fsp3) is 0.870. The van der Waals surface area contributed by atoms with Crippen molar-refractivity contribution in [2.45, 2.75) is 95.5 Å². The van der Waals surface area contributed by atoms with Crippen LogP contribution in [0.25, 0.3) is 0 Å². The molecule has 1 heterocycles. The Balaban J connectivity index is 2.13. The molecule has 3 amide bonds. The molecule has 0 aromatic heterocycles. The Kier molecular flexibility index (Phi) is 10.6. The number of alkyl carbamates (subject to hydrolysis) is 1. The van der Waals surface area contributed by atoms with Crippen LogP contribution in [0.15, 0.2) is 0 Å². The van der Waals surface area contributed by atoms with Crippen LogP contribution in [0, 0.1) is 5.92 Å². The van der Waals surface area contributed by atoms with Gasteiger partial charge < -0.3 is 26.0 Å². The van der Waals surface area contributed by atoms with Crippen molar-refractivity contribution in [3.63, 3.8) is 0 Å². The van der Waals surface area contributed by atoms with E-state index in [0.717, 1.165) is 25.0 Å². The summed E-state index contributed by atoms with van der Waals surface area (Å²) in [5.74, 6) is 0.935. The average Bonchev–Trinajstić information content (AvgIpc) is 3.16. The van der Waals surface area contributed by atoms with Crippen LogP contribution < -0.4 is 16.4 Å². The first-order valence-electron chi connectivity index (χ1n) is 12.1. The topological polar surface area (TPSA) is 114 Å². The van der Waals surface area contributed by atoms with Gasteiger partial charge in [0.15, 0.2) is 0 Å². The summed E-state index contributed by atoms with van der Waals surface area (Å²) in [5, 5.41) is 5.82. The van der Waals surface area contributed by atoms with Crippen LogP contribution in [-0.4, -0.2) is 71.1 Å². The van der Waals surface area contributed by atoms with Gasteiger partial charge in [0.2, 0.25) is 11.8 Å². The van der Waals surface area contributed by atoms with Crippen molar-refractivity contribution in [3.8, 4) is 0 Å². The molecule has 2 fully saturated rings. The second kappa shape index (κ2) is 12.7. The summed E-state index contributed by atoms with van der Waals surface area (Å²) < 4.78 is 4.48. The number of nitrogens with zero attached hydrogens (tertiary/aromatic N) is 1. The first-order valence-corrected chi connectivity index (χ1v) is 13.1. The predicted octanol–water partition coefficient (Wildman–Crippen LogP) is 2.65. The normalized spacial score (nSPS) is 23.0. The molecule has 0 aromatic rings. The van der Waals surface area contributed by atoms with E-state index in [1.54, 1.807) is 23.6 Å². The van der Waals surface area contributed by atoms with Gasteiger partial charge in [-0.15, -0.1) is 0 Å². The van der Waals surface area contributed by atoms with Crippen molar-refractivity contribution in [2.75, 3.05) is 25.4 Å². The van der Waals surface area contributed by atoms with E-state index < -0.39 is 22.9 Å². The van der Waals surface area contributed by atoms with Gasteiger partial charge in [-0.05, 0) is 58.1 Å². The SMILES string of the molecule is CCCSC(C)(C)[C@@H](NC(=O)OCC)C(=O)N1C[C@H](N)C[C@H]1C(=O)NCC1CCCCC1. The zero-order valence-electron chi connectivity index (χ0n) is 20.2. The molecule has 4 N–H and O–H groups in total. The van der Waals surface area contributed by atoms with Crippen LogP contribution in [0.3, 0.4) is 0 Å². The minimum atomic E-state index is -0.822. The monoisotopic (exact) mass is 470 g/mol. The number of rotatable bonds is 10. The number of hydrogen-bond donors (Lipinski definition) is 3. The zero-order chi connectivity index (χ0) is 23.7. The van der Waals surface area contributed by atoms with Gasteiger partial charge in [0.05, 0.1) is 6.61 Å². The number of ether oxygens (including phenoxy) is 1. The van der Waals surface area contributed by atoms with E-state index in [0.29, 0.717) is 25.4 Å². The van der Waals surface area contributed by atoms with Gasteiger partial charge >= 0.3 is 6.09 Å². The minimum Gasteiger partial charge on any atom is -0.450 e. The smallest absolute Gasteiger partial charge is 0.407 e. The van der Waals surface area contributed by atoms with E-state index in [2.05, 4.69) is 17.6 Å². The van der Waals surface area contributed by atoms with Crippen molar-refractivity contribution in [1.82, 2.24) is 15.5 Å². The first-order chi connectivity index (χ1) is 15.2. The maximum absolute atomic E-state index is 13.7. The number of nitrogens with one attached hydrogen (secondary N) is 2. The zero-order valence-corrected chi connectivity index (χ0v) is 21.0. The average molecular weight is 471 g/mol. The molecule has 8 nitrogen and oxygen atoms in total. The lowest BCUT2D eigenvalue weighted by atomic mass is 9.89. The van der Waals surface area contributed by atoms with Gasteiger partial charge in [-0.3, -0.25) is 9.59 Å². The van der Waals surface area contributed by atoms with Crippen molar-refractivity contribution >= 4 is 29.7 Å². The Bertz CT molecular complexity index is 639. The van der Waals surface area contributed by atoms with E-state index in [1.165, 1.54) is 19.3 Å². The van der Waals surface area contributed by atoms with Crippen molar-refractivity contribution in [2.24, 2.45) is 11.7 Å². The lowest BCUT2D eigenvalue weighted by Gasteiger charge is -2.37. The molecule has 0 unspecified atom stereocenters. The standard InChI is InChI=1S/C23H42N4O4S/c1-5-12-32-23(3,4)19(26-22(30)31-6-2)21(29)27-15-17(24)13-18(27)20(28)25-14-16-10-8-7-9-11-16/h16-19H,5-15,24H2,1-4H3,(H,25,28)(H,26,30)/t17-,18+,19+/m1/s1. The van der Waals surface area contributed by atoms with Crippen LogP contribution in [0.5, 0.6) is 0 Å². The third kappa shape index (κ3) is 7.54. The molecule has 2 aliphatic rings. The number of carbonyl (C=O) groups is 3. The second-order valence-corrected chi connectivity index (χ2v) is 11.3. The molecule has 0 radical (unpaired) electrons. The highest BCUT2D eigenvalue weighted by Crippen LogP contribution is 2.32. The molecule has 1 saturated carbocycles. The maximum Gasteiger partial charge on any atom is 0.407 e. The Morgan fingerprint density at radius 2 is 1.88 bits per heavy atom. The third-order valence-electron chi connectivity index (χ3n) is 6.37. The Morgan fingerprint density at radius 3 is 2.50 bits per heavy atom. The molecule has 0 spiro atoms. The molecule has 0 bridgehead atoms. The highest BCUT2D eigenvalue weighted by atomic mass is 32.2. The molecular formula is C23H42N4O4S. The van der Waals surface area contributed by atoms with E-state index in [9.17, 15) is 14.4 Å². The van der Waals surface area contributed by atoms with Gasteiger partial charge in [0.25, 0.3) is 0 Å². The van der Waals surface area contributed by atoms with Crippen LogP contribution in [0.4, 0.5) is 4.79 Å². The number of carbonyl (C=O) groups excluding carboxylic acids is 3. The number of nitrogens with two attached hydrogens (primary N) is 1. The molecule has 2 rings (SSSR count). The fourth-order valence-electron chi connectivity index (χ4n) is 4.55. The molecule has 0 aromatic carbocycles. The fourth-order valence-corrected chi connectivity index (χ4v) is 5.61. The lowest BCUT2D eigenvalue weighted by molar-refractivity contribution is -0.140. The molecule has 1 saturated heterocycles. The Labute approximate surface area is 197 Å². The van der Waals surface area contributed by atoms with Crippen molar-refractivity contribution < 1.29 is 19.1 Å². The van der Waals surface area contributed by atoms with Gasteiger partial charge in [0.1, 0.15) is 12.1 Å². The third-order valence-corrected chi connectivity index (χ3v) is 7.96. The summed E-state index contributed by atoms with van der Waals surface area (Å²) in [5.41, 5.74) is 6.18. The Hall–Kier alpha value is -1.48. The molecule has 32 heavy (non-hydrogen) atoms. The minimum absolute atomic E-state index is 0.147. The van der Waals surface area contributed by atoms with Gasteiger partial charge in [0, 0.05) is 23.9 Å². The van der Waals surface area contributed by atoms with E-state index in [4.69, 9.17) is 10.5 Å². The molecule has 1 aliphatic heterocycles. The number of thioether (sulfide) groups is 1. The molecule has 9 heteroatoms. The van der Waals surface area contributed by atoms with Gasteiger partial charge in [-0.1, -0.05) is 26.2 Å². The van der Waals surface area contributed by atoms with Crippen molar-refractivity contribution in [1.29, 1.82) is 0 Å². The molecule has 184 valence electrons. The van der Waals surface area contributed by atoms with Crippen LogP contribution in [0.1, 0.15) is 72.6 Å². The van der Waals surface area contributed by atoms with Crippen LogP contribution in [-0.2, 0) is 14.3 Å². The van der Waals surface area contributed by atoms with Gasteiger partial charge in [-0.2, -0.15) is 11.8 Å². The number of likely N-dealkylation sites (tertiary alicyclic amines) is 1. The van der Waals surface area contributed by atoms with E-state index in [1.807, 2.05) is 13.8 Å². The predicted molar refractivity (Wildman–Crippen MR) is 128 cm³/mol. The van der Waals surface area contributed by atoms with Crippen molar-refractivity contribution in [3.05, 3.63) is 0 Å². The lowest BCUT2D eigenvalue weighted by Crippen LogP contribution is -2.60. The summed E-state index contributed by atoms with van der Waals surface area (Å²) in [7, 11) is 0. The summed E-state index contributed by atoms with van der Waals surface area (Å²) in [4.78, 5) is 40.5. The van der Waals surface area contributed by atoms with E-state index in [-0.39, 0.29) is 24.5 Å². The van der Waals surface area contributed by atoms with Crippen LogP contribution >= 0.6 is 11.8 Å². The second-order valence-electron chi connectivity index (χ2n) is 9.50. The Morgan fingerprint density at radius 1 is 1.19 bits per heavy atom. The highest BCUT2D eigenvalue weighted by molar-refractivity contribution is 8.00. The summed E-state index contributed by atoms with van der Waals surface area (Å²) in [6.07, 6.45) is 6.73. The summed E-state index contributed by atoms with van der Waals surface area (Å²) in [6.45, 7) is 8.85. The van der Waals surface area contributed by atoms with Crippen LogP contribution in [0.2, 0.25) is 0 Å². The molecular weight excluding hydrogens is 428 g/mol. The molecule has 1 aliphatic carbocycles. The maximum atomic E-state index is 13.7. The van der Waals surface area contributed by atoms with E-state index >= 15 is 0 Å².